The van der Waals surface area contributed by atoms with Crippen LogP contribution in [0.1, 0.15) is 45.9 Å². The zero-order valence-corrected chi connectivity index (χ0v) is 20.9. The molecule has 3 rings (SSSR count). The van der Waals surface area contributed by atoms with Crippen LogP contribution in [0.2, 0.25) is 0 Å². The highest BCUT2D eigenvalue weighted by molar-refractivity contribution is 7.99. The summed E-state index contributed by atoms with van der Waals surface area (Å²) in [5, 5.41) is 2.99. The maximum atomic E-state index is 12.8. The number of aromatic nitrogens is 4. The first-order valence-electron chi connectivity index (χ1n) is 11.7. The summed E-state index contributed by atoms with van der Waals surface area (Å²) < 4.78 is 3.40. The number of thioether (sulfide) groups is 1. The van der Waals surface area contributed by atoms with Gasteiger partial charge < -0.3 is 9.88 Å². The molecule has 0 saturated heterocycles. The van der Waals surface area contributed by atoms with Crippen molar-refractivity contribution < 1.29 is 4.79 Å². The third-order valence-corrected chi connectivity index (χ3v) is 6.41. The number of para-hydroxylation sites is 1. The molecule has 0 aliphatic rings. The largest absolute Gasteiger partial charge is 0.330 e. The van der Waals surface area contributed by atoms with Gasteiger partial charge in [-0.15, -0.1) is 18.3 Å². The average Bonchev–Trinajstić information content (AvgIpc) is 3.14. The fourth-order valence-electron chi connectivity index (χ4n) is 3.78. The number of amides is 1. The van der Waals surface area contributed by atoms with Crippen molar-refractivity contribution in [2.45, 2.75) is 64.4 Å². The van der Waals surface area contributed by atoms with E-state index in [2.05, 4.69) is 35.7 Å². The van der Waals surface area contributed by atoms with Gasteiger partial charge in [-0.1, -0.05) is 45.4 Å². The molecule has 182 valence electrons. The van der Waals surface area contributed by atoms with Crippen LogP contribution in [0, 0.1) is 5.92 Å². The van der Waals surface area contributed by atoms with Crippen LogP contribution in [-0.4, -0.2) is 30.8 Å². The molecule has 0 saturated carbocycles. The lowest BCUT2D eigenvalue weighted by molar-refractivity contribution is -0.116. The van der Waals surface area contributed by atoms with Crippen molar-refractivity contribution in [3.63, 3.8) is 0 Å². The van der Waals surface area contributed by atoms with E-state index in [9.17, 15) is 14.4 Å². The minimum absolute atomic E-state index is 0.132. The number of aryl methyl sites for hydroxylation is 2. The minimum atomic E-state index is -0.446. The number of unbranched alkanes of at least 4 members (excludes halogenated alkanes) is 1. The molecule has 1 aromatic carbocycles. The van der Waals surface area contributed by atoms with Gasteiger partial charge in [-0.2, -0.15) is 0 Å². The number of nitrogens with one attached hydrogen (secondary N) is 2. The van der Waals surface area contributed by atoms with E-state index in [0.29, 0.717) is 36.5 Å². The van der Waals surface area contributed by atoms with Crippen LogP contribution in [0.4, 0.5) is 5.69 Å². The monoisotopic (exact) mass is 483 g/mol. The molecule has 0 spiro atoms. The van der Waals surface area contributed by atoms with Gasteiger partial charge in [-0.25, -0.2) is 9.78 Å². The van der Waals surface area contributed by atoms with Crippen molar-refractivity contribution in [2.75, 3.05) is 11.1 Å². The second-order valence-corrected chi connectivity index (χ2v) is 9.68. The number of aromatic amines is 1. The zero-order valence-electron chi connectivity index (χ0n) is 20.1. The van der Waals surface area contributed by atoms with Gasteiger partial charge in [-0.3, -0.25) is 19.1 Å². The molecule has 1 amide bonds. The van der Waals surface area contributed by atoms with Gasteiger partial charge in [0, 0.05) is 36.6 Å². The van der Waals surface area contributed by atoms with E-state index in [0.717, 1.165) is 29.2 Å². The van der Waals surface area contributed by atoms with Crippen molar-refractivity contribution in [3.8, 4) is 0 Å². The molecule has 3 aromatic rings. The summed E-state index contributed by atoms with van der Waals surface area (Å²) in [6.07, 6.45) is 4.11. The minimum Gasteiger partial charge on any atom is -0.325 e. The van der Waals surface area contributed by atoms with Gasteiger partial charge in [-0.05, 0) is 24.5 Å². The van der Waals surface area contributed by atoms with Crippen molar-refractivity contribution in [3.05, 3.63) is 63.6 Å². The number of fused-ring (bicyclic) bond motifs is 1. The molecule has 0 radical (unpaired) electrons. The topological polar surface area (TPSA) is 102 Å². The quantitative estimate of drug-likeness (QED) is 0.297. The first kappa shape index (κ1) is 25.6. The molecule has 0 atom stereocenters. The number of anilines is 1. The Hall–Kier alpha value is -3.07. The predicted octanol–water partition coefficient (Wildman–Crippen LogP) is 4.19. The summed E-state index contributed by atoms with van der Waals surface area (Å²) >= 11 is 1.61. The number of nitrogens with zero attached hydrogens (tertiary/aromatic N) is 3. The van der Waals surface area contributed by atoms with E-state index >= 15 is 0 Å². The van der Waals surface area contributed by atoms with Gasteiger partial charge in [0.25, 0.3) is 5.56 Å². The van der Waals surface area contributed by atoms with Gasteiger partial charge in [0.15, 0.2) is 11.2 Å². The molecule has 0 aliphatic carbocycles. The average molecular weight is 484 g/mol. The fraction of sp³-hybridized carbons (Fsp3) is 0.440. The number of benzene rings is 1. The molecular formula is C25H33N5O3S. The standard InChI is InChI=1S/C25H33N5O3S/c1-5-7-14-29-23-22(24(32)28-25(29)33)30(16-17(3)4)20(27-23)12-13-21(31)26-18-10-8-9-11-19(18)34-15-6-2/h6,8-11,17H,2,5,7,12-16H2,1,3-4H3,(H,26,31)(H,28,32,33). The molecule has 8 nitrogen and oxygen atoms in total. The Morgan fingerprint density at radius 3 is 2.74 bits per heavy atom. The molecule has 0 fully saturated rings. The molecule has 2 aromatic heterocycles. The number of carbonyl (C=O) groups is 1. The summed E-state index contributed by atoms with van der Waals surface area (Å²) in [5.74, 6) is 1.51. The SMILES string of the molecule is C=CCSc1ccccc1NC(=O)CCc1nc2c(c(=O)[nH]c(=O)n2CCCC)n1CC(C)C. The van der Waals surface area contributed by atoms with E-state index in [4.69, 9.17) is 0 Å². The highest BCUT2D eigenvalue weighted by Crippen LogP contribution is 2.27. The normalized spacial score (nSPS) is 11.3. The number of carbonyl (C=O) groups excluding carboxylic acids is 1. The Kier molecular flexibility index (Phi) is 8.92. The van der Waals surface area contributed by atoms with Crippen molar-refractivity contribution in [2.24, 2.45) is 5.92 Å². The van der Waals surface area contributed by atoms with Crippen LogP contribution in [0.5, 0.6) is 0 Å². The summed E-state index contributed by atoms with van der Waals surface area (Å²) in [6.45, 7) is 11.0. The molecule has 0 bridgehead atoms. The van der Waals surface area contributed by atoms with Gasteiger partial charge in [0.2, 0.25) is 5.91 Å². The Bertz CT molecular complexity index is 1270. The van der Waals surface area contributed by atoms with Crippen LogP contribution in [0.3, 0.4) is 0 Å². The number of imidazole rings is 1. The first-order chi connectivity index (χ1) is 16.3. The molecule has 2 N–H and O–H groups in total. The highest BCUT2D eigenvalue weighted by Gasteiger charge is 2.20. The molecular weight excluding hydrogens is 450 g/mol. The van der Waals surface area contributed by atoms with Crippen molar-refractivity contribution in [1.29, 1.82) is 0 Å². The van der Waals surface area contributed by atoms with Crippen LogP contribution >= 0.6 is 11.8 Å². The van der Waals surface area contributed by atoms with Crippen LogP contribution in [0.15, 0.2) is 51.4 Å². The van der Waals surface area contributed by atoms with Crippen molar-refractivity contribution >= 4 is 34.5 Å². The van der Waals surface area contributed by atoms with Crippen LogP contribution in [-0.2, 0) is 24.3 Å². The second kappa shape index (κ2) is 11.9. The number of rotatable bonds is 12. The summed E-state index contributed by atoms with van der Waals surface area (Å²) in [4.78, 5) is 46.1. The van der Waals surface area contributed by atoms with Crippen LogP contribution < -0.4 is 16.6 Å². The van der Waals surface area contributed by atoms with E-state index in [1.54, 1.807) is 11.8 Å². The second-order valence-electron chi connectivity index (χ2n) is 8.61. The lowest BCUT2D eigenvalue weighted by atomic mass is 10.2. The number of hydrogen-bond donors (Lipinski definition) is 2. The third kappa shape index (κ3) is 6.08. The maximum Gasteiger partial charge on any atom is 0.330 e. The van der Waals surface area contributed by atoms with E-state index in [-0.39, 0.29) is 18.2 Å². The lowest BCUT2D eigenvalue weighted by Crippen LogP contribution is -2.31. The van der Waals surface area contributed by atoms with Gasteiger partial charge >= 0.3 is 5.69 Å². The van der Waals surface area contributed by atoms with E-state index in [1.807, 2.05) is 41.8 Å². The first-order valence-corrected chi connectivity index (χ1v) is 12.7. The van der Waals surface area contributed by atoms with Gasteiger partial charge in [0.05, 0.1) is 5.69 Å². The predicted molar refractivity (Wildman–Crippen MR) is 139 cm³/mol. The Morgan fingerprint density at radius 2 is 2.03 bits per heavy atom. The number of H-pyrrole nitrogens is 1. The lowest BCUT2D eigenvalue weighted by Gasteiger charge is -2.12. The number of hydrogen-bond acceptors (Lipinski definition) is 5. The van der Waals surface area contributed by atoms with E-state index in [1.165, 1.54) is 4.57 Å². The zero-order chi connectivity index (χ0) is 24.7. The van der Waals surface area contributed by atoms with Gasteiger partial charge in [0.1, 0.15) is 5.82 Å². The summed E-state index contributed by atoms with van der Waals surface area (Å²) in [7, 11) is 0. The molecule has 0 aliphatic heterocycles. The van der Waals surface area contributed by atoms with E-state index < -0.39 is 11.2 Å². The fourth-order valence-corrected chi connectivity index (χ4v) is 4.52. The Morgan fingerprint density at radius 1 is 1.26 bits per heavy atom. The Balaban J connectivity index is 1.88. The van der Waals surface area contributed by atoms with Crippen molar-refractivity contribution in [1.82, 2.24) is 19.1 Å². The Labute approximate surface area is 203 Å². The summed E-state index contributed by atoms with van der Waals surface area (Å²) in [6, 6.07) is 7.67. The molecule has 34 heavy (non-hydrogen) atoms. The smallest absolute Gasteiger partial charge is 0.325 e. The maximum absolute atomic E-state index is 12.8. The summed E-state index contributed by atoms with van der Waals surface area (Å²) in [5.41, 5.74) is 0.665. The van der Waals surface area contributed by atoms with Crippen LogP contribution in [0.25, 0.3) is 11.2 Å². The molecule has 9 heteroatoms. The molecule has 2 heterocycles. The molecule has 0 unspecified atom stereocenters. The third-order valence-electron chi connectivity index (χ3n) is 5.34. The highest BCUT2D eigenvalue weighted by atomic mass is 32.2.